The lowest BCUT2D eigenvalue weighted by Crippen LogP contribution is -2.07. The molecule has 0 spiro atoms. The second kappa shape index (κ2) is 3.12. The van der Waals surface area contributed by atoms with E-state index >= 15 is 0 Å². The third-order valence-electron chi connectivity index (χ3n) is 2.96. The summed E-state index contributed by atoms with van der Waals surface area (Å²) in [5.41, 5.74) is 6.29. The lowest BCUT2D eigenvalue weighted by atomic mass is 9.98. The molecule has 1 aromatic carbocycles. The number of nitrogens with zero attached hydrogens (tertiary/aromatic N) is 1. The number of benzene rings is 1. The molecular weight excluding hydrogens is 186 g/mol. The molecule has 2 heterocycles. The first kappa shape index (κ1) is 8.53. The minimum Gasteiger partial charge on any atom is -0.352 e. The molecule has 15 heavy (non-hydrogen) atoms. The van der Waals surface area contributed by atoms with Crippen LogP contribution in [0.4, 0.5) is 11.4 Å². The summed E-state index contributed by atoms with van der Waals surface area (Å²) in [6.07, 6.45) is 3.86. The van der Waals surface area contributed by atoms with Gasteiger partial charge in [0.15, 0.2) is 0 Å². The van der Waals surface area contributed by atoms with Crippen molar-refractivity contribution in [1.29, 1.82) is 0 Å². The molecule has 3 rings (SSSR count). The second-order valence-corrected chi connectivity index (χ2v) is 3.87. The van der Waals surface area contributed by atoms with Crippen molar-refractivity contribution in [3.63, 3.8) is 0 Å². The lowest BCUT2D eigenvalue weighted by Gasteiger charge is -2.20. The molecule has 76 valence electrons. The molecular formula is C12H13N3. The van der Waals surface area contributed by atoms with Crippen molar-refractivity contribution in [1.82, 2.24) is 10.2 Å². The molecule has 0 amide bonds. The van der Waals surface area contributed by atoms with Gasteiger partial charge in [-0.3, -0.25) is 5.10 Å². The number of hydrogen-bond acceptors (Lipinski definition) is 2. The number of hydrogen-bond donors (Lipinski definition) is 2. The quantitative estimate of drug-likeness (QED) is 0.632. The summed E-state index contributed by atoms with van der Waals surface area (Å²) in [4.78, 5) is 0. The van der Waals surface area contributed by atoms with Gasteiger partial charge in [-0.2, -0.15) is 5.10 Å². The third kappa shape index (κ3) is 1.23. The largest absolute Gasteiger partial charge is 0.352 e. The number of aryl methyl sites for hydroxylation is 1. The van der Waals surface area contributed by atoms with Crippen molar-refractivity contribution in [2.24, 2.45) is 0 Å². The molecule has 2 N–H and O–H groups in total. The maximum absolute atomic E-state index is 4.05. The van der Waals surface area contributed by atoms with Crippen LogP contribution in [0.3, 0.4) is 0 Å². The van der Waals surface area contributed by atoms with Crippen molar-refractivity contribution < 1.29 is 0 Å². The zero-order valence-corrected chi connectivity index (χ0v) is 8.67. The first-order chi connectivity index (χ1) is 7.38. The maximum atomic E-state index is 4.05. The zero-order chi connectivity index (χ0) is 10.3. The highest BCUT2D eigenvalue weighted by Crippen LogP contribution is 2.33. The minimum atomic E-state index is 0.950. The highest BCUT2D eigenvalue weighted by atomic mass is 15.1. The van der Waals surface area contributed by atoms with Crippen LogP contribution in [0.25, 0.3) is 0 Å². The van der Waals surface area contributed by atoms with Crippen LogP contribution in [0.15, 0.2) is 24.4 Å². The van der Waals surface area contributed by atoms with Gasteiger partial charge < -0.3 is 5.32 Å². The minimum absolute atomic E-state index is 0.950. The molecule has 1 aliphatic rings. The monoisotopic (exact) mass is 199 g/mol. The summed E-state index contributed by atoms with van der Waals surface area (Å²) >= 11 is 0. The number of anilines is 2. The Labute approximate surface area is 88.5 Å². The van der Waals surface area contributed by atoms with E-state index < -0.39 is 0 Å². The number of rotatable bonds is 1. The van der Waals surface area contributed by atoms with Gasteiger partial charge in [0.2, 0.25) is 0 Å². The van der Waals surface area contributed by atoms with E-state index in [1.165, 1.54) is 22.5 Å². The molecule has 0 saturated carbocycles. The highest BCUT2D eigenvalue weighted by Gasteiger charge is 2.17. The average Bonchev–Trinajstić information content (AvgIpc) is 2.72. The molecule has 1 aromatic heterocycles. The van der Waals surface area contributed by atoms with Crippen molar-refractivity contribution in [2.75, 3.05) is 5.32 Å². The second-order valence-electron chi connectivity index (χ2n) is 3.87. The van der Waals surface area contributed by atoms with E-state index in [1.807, 2.05) is 6.20 Å². The van der Waals surface area contributed by atoms with Gasteiger partial charge in [-0.15, -0.1) is 0 Å². The number of nitrogens with one attached hydrogen (secondary N) is 2. The van der Waals surface area contributed by atoms with Gasteiger partial charge in [-0.25, -0.2) is 0 Å². The van der Waals surface area contributed by atoms with Crippen molar-refractivity contribution in [3.8, 4) is 0 Å². The van der Waals surface area contributed by atoms with E-state index in [0.717, 1.165) is 18.5 Å². The average molecular weight is 199 g/mol. The molecule has 2 aromatic rings. The van der Waals surface area contributed by atoms with Crippen LogP contribution in [0.2, 0.25) is 0 Å². The van der Waals surface area contributed by atoms with Gasteiger partial charge in [0, 0.05) is 12.1 Å². The summed E-state index contributed by atoms with van der Waals surface area (Å²) in [6.45, 7) is 2.18. The van der Waals surface area contributed by atoms with Crippen LogP contribution in [-0.2, 0) is 12.8 Å². The standard InChI is InChI=1S/C12H13N3/c1-2-8-4-3-5-9-6-10-11(7-13-15-10)14-12(8)9/h3-5,7,14H,2,6H2,1H3,(H,13,15). The van der Waals surface area contributed by atoms with E-state index in [2.05, 4.69) is 40.6 Å². The SMILES string of the molecule is CCc1cccc2c1Nc1cn[nH]c1C2. The van der Waals surface area contributed by atoms with Gasteiger partial charge in [0.1, 0.15) is 0 Å². The Hall–Kier alpha value is -1.77. The fraction of sp³-hybridized carbons (Fsp3) is 0.250. The van der Waals surface area contributed by atoms with E-state index in [9.17, 15) is 0 Å². The van der Waals surface area contributed by atoms with Crippen molar-refractivity contribution >= 4 is 11.4 Å². The first-order valence-electron chi connectivity index (χ1n) is 5.28. The maximum Gasteiger partial charge on any atom is 0.0804 e. The number of para-hydroxylation sites is 1. The van der Waals surface area contributed by atoms with Crippen LogP contribution < -0.4 is 5.32 Å². The number of H-pyrrole nitrogens is 1. The Balaban J connectivity index is 2.13. The Morgan fingerprint density at radius 1 is 1.40 bits per heavy atom. The Bertz CT molecular complexity index is 499. The number of fused-ring (bicyclic) bond motifs is 2. The summed E-state index contributed by atoms with van der Waals surface area (Å²) < 4.78 is 0. The van der Waals surface area contributed by atoms with E-state index in [-0.39, 0.29) is 0 Å². The molecule has 0 atom stereocenters. The number of aromatic amines is 1. The fourth-order valence-corrected chi connectivity index (χ4v) is 2.14. The summed E-state index contributed by atoms with van der Waals surface area (Å²) in [5.74, 6) is 0. The molecule has 0 saturated heterocycles. The lowest BCUT2D eigenvalue weighted by molar-refractivity contribution is 0.986. The van der Waals surface area contributed by atoms with Crippen molar-refractivity contribution in [2.45, 2.75) is 19.8 Å². The molecule has 3 heteroatoms. The topological polar surface area (TPSA) is 40.7 Å². The third-order valence-corrected chi connectivity index (χ3v) is 2.96. The van der Waals surface area contributed by atoms with Gasteiger partial charge >= 0.3 is 0 Å². The van der Waals surface area contributed by atoms with E-state index in [0.29, 0.717) is 0 Å². The predicted octanol–water partition coefficient (Wildman–Crippen LogP) is 2.62. The smallest absolute Gasteiger partial charge is 0.0804 e. The van der Waals surface area contributed by atoms with Crippen LogP contribution in [0, 0.1) is 0 Å². The predicted molar refractivity (Wildman–Crippen MR) is 60.5 cm³/mol. The van der Waals surface area contributed by atoms with Gasteiger partial charge in [-0.1, -0.05) is 25.1 Å². The van der Waals surface area contributed by atoms with Gasteiger partial charge in [0.25, 0.3) is 0 Å². The first-order valence-corrected chi connectivity index (χ1v) is 5.28. The van der Waals surface area contributed by atoms with Gasteiger partial charge in [0.05, 0.1) is 17.6 Å². The van der Waals surface area contributed by atoms with Crippen LogP contribution in [0.1, 0.15) is 23.7 Å². The highest BCUT2D eigenvalue weighted by molar-refractivity contribution is 5.72. The molecule has 3 nitrogen and oxygen atoms in total. The molecule has 0 aliphatic carbocycles. The molecule has 1 aliphatic heterocycles. The van der Waals surface area contributed by atoms with Gasteiger partial charge in [-0.05, 0) is 17.5 Å². The summed E-state index contributed by atoms with van der Waals surface area (Å²) in [5, 5.41) is 10.5. The van der Waals surface area contributed by atoms with Crippen LogP contribution >= 0.6 is 0 Å². The Morgan fingerprint density at radius 2 is 2.33 bits per heavy atom. The number of aromatic nitrogens is 2. The summed E-state index contributed by atoms with van der Waals surface area (Å²) in [6, 6.07) is 6.48. The van der Waals surface area contributed by atoms with E-state index in [1.54, 1.807) is 0 Å². The van der Waals surface area contributed by atoms with Crippen LogP contribution in [0.5, 0.6) is 0 Å². The molecule has 0 radical (unpaired) electrons. The normalized spacial score (nSPS) is 12.9. The molecule has 0 bridgehead atoms. The fourth-order valence-electron chi connectivity index (χ4n) is 2.14. The Morgan fingerprint density at radius 3 is 3.20 bits per heavy atom. The Kier molecular flexibility index (Phi) is 1.78. The van der Waals surface area contributed by atoms with Crippen molar-refractivity contribution in [3.05, 3.63) is 41.2 Å². The van der Waals surface area contributed by atoms with E-state index in [4.69, 9.17) is 0 Å². The zero-order valence-electron chi connectivity index (χ0n) is 8.67. The molecule has 0 fully saturated rings. The summed E-state index contributed by atoms with van der Waals surface area (Å²) in [7, 11) is 0. The van der Waals surface area contributed by atoms with Crippen LogP contribution in [-0.4, -0.2) is 10.2 Å². The molecule has 0 unspecified atom stereocenters.